The van der Waals surface area contributed by atoms with Crippen LogP contribution in [0.25, 0.3) is 6.08 Å². The molecule has 0 radical (unpaired) electrons. The van der Waals surface area contributed by atoms with E-state index in [0.717, 1.165) is 10.4 Å². The number of primary amides is 1. The van der Waals surface area contributed by atoms with Gasteiger partial charge in [0.2, 0.25) is 5.91 Å². The number of hydrogen-bond acceptors (Lipinski definition) is 5. The van der Waals surface area contributed by atoms with Crippen molar-refractivity contribution in [3.8, 4) is 5.75 Å². The average molecular weight is 346 g/mol. The molecule has 0 saturated heterocycles. The third-order valence-electron chi connectivity index (χ3n) is 3.01. The van der Waals surface area contributed by atoms with Gasteiger partial charge in [0.15, 0.2) is 6.79 Å². The van der Waals surface area contributed by atoms with E-state index in [9.17, 15) is 9.59 Å². The van der Waals surface area contributed by atoms with E-state index in [0.29, 0.717) is 16.3 Å². The summed E-state index contributed by atoms with van der Waals surface area (Å²) in [7, 11) is 1.55. The zero-order chi connectivity index (χ0) is 17.5. The number of carbonyl (C=O) groups is 2. The van der Waals surface area contributed by atoms with Gasteiger partial charge in [-0.25, -0.2) is 0 Å². The molecule has 0 aliphatic carbocycles. The number of nitrogens with one attached hydrogen (secondary N) is 1. The number of carbonyl (C=O) groups excluding carboxylic acids is 2. The molecule has 0 aliphatic rings. The third kappa shape index (κ3) is 4.94. The highest BCUT2D eigenvalue weighted by Crippen LogP contribution is 2.27. The first-order valence-electron chi connectivity index (χ1n) is 7.10. The predicted molar refractivity (Wildman–Crippen MR) is 94.2 cm³/mol. The van der Waals surface area contributed by atoms with Crippen molar-refractivity contribution in [1.82, 2.24) is 0 Å². The van der Waals surface area contributed by atoms with Gasteiger partial charge in [-0.3, -0.25) is 9.59 Å². The number of anilines is 1. The van der Waals surface area contributed by atoms with Crippen LogP contribution in [-0.2, 0) is 9.53 Å². The molecule has 0 bridgehead atoms. The van der Waals surface area contributed by atoms with E-state index in [1.54, 1.807) is 31.4 Å². The van der Waals surface area contributed by atoms with E-state index in [2.05, 4.69) is 5.32 Å². The molecule has 6 nitrogen and oxygen atoms in total. The van der Waals surface area contributed by atoms with Gasteiger partial charge in [0.25, 0.3) is 5.91 Å². The molecule has 0 unspecified atom stereocenters. The second kappa shape index (κ2) is 8.28. The van der Waals surface area contributed by atoms with Gasteiger partial charge < -0.3 is 20.5 Å². The number of amides is 2. The lowest BCUT2D eigenvalue weighted by molar-refractivity contribution is -0.111. The Hall–Kier alpha value is -2.64. The maximum Gasteiger partial charge on any atom is 0.251 e. The Morgan fingerprint density at radius 2 is 2.00 bits per heavy atom. The molecule has 1 aromatic heterocycles. The van der Waals surface area contributed by atoms with Crippen LogP contribution < -0.4 is 15.8 Å². The molecule has 1 aromatic carbocycles. The average Bonchev–Trinajstić information content (AvgIpc) is 2.92. The van der Waals surface area contributed by atoms with Crippen LogP contribution in [0, 0.1) is 6.92 Å². The summed E-state index contributed by atoms with van der Waals surface area (Å²) in [5.41, 5.74) is 6.45. The minimum absolute atomic E-state index is 0.181. The van der Waals surface area contributed by atoms with Crippen LogP contribution in [0.15, 0.2) is 36.4 Å². The van der Waals surface area contributed by atoms with Gasteiger partial charge in [-0.05, 0) is 36.8 Å². The topological polar surface area (TPSA) is 90.7 Å². The van der Waals surface area contributed by atoms with Gasteiger partial charge in [0.1, 0.15) is 10.8 Å². The number of aryl methyl sites for hydroxylation is 1. The van der Waals surface area contributed by atoms with Gasteiger partial charge in [0, 0.05) is 18.1 Å². The molecule has 1 heterocycles. The summed E-state index contributed by atoms with van der Waals surface area (Å²) in [6, 6.07) is 8.86. The van der Waals surface area contributed by atoms with Crippen LogP contribution in [0.1, 0.15) is 20.8 Å². The standard InChI is InChI=1S/C17H18N2O4S/c1-11-9-14(16(18)21)17(24-11)19-15(20)8-5-12-3-6-13(7-4-12)23-10-22-2/h3-9H,10H2,1-2H3,(H2,18,21)(H,19,20)/b8-5+. The lowest BCUT2D eigenvalue weighted by Crippen LogP contribution is -2.14. The van der Waals surface area contributed by atoms with Crippen LogP contribution >= 0.6 is 11.3 Å². The summed E-state index contributed by atoms with van der Waals surface area (Å²) in [6.45, 7) is 2.02. The molecular formula is C17H18N2O4S. The molecule has 0 fully saturated rings. The molecule has 2 amide bonds. The number of methoxy groups -OCH3 is 1. The Kier molecular flexibility index (Phi) is 6.11. The minimum Gasteiger partial charge on any atom is -0.468 e. The van der Waals surface area contributed by atoms with Crippen molar-refractivity contribution in [2.45, 2.75) is 6.92 Å². The Balaban J connectivity index is 1.99. The van der Waals surface area contributed by atoms with Gasteiger partial charge in [-0.2, -0.15) is 0 Å². The summed E-state index contributed by atoms with van der Waals surface area (Å²) in [5.74, 6) is -0.219. The first-order valence-corrected chi connectivity index (χ1v) is 7.92. The predicted octanol–water partition coefficient (Wildman–Crippen LogP) is 2.79. The van der Waals surface area contributed by atoms with E-state index in [1.165, 1.54) is 17.4 Å². The minimum atomic E-state index is -0.565. The highest BCUT2D eigenvalue weighted by Gasteiger charge is 2.13. The van der Waals surface area contributed by atoms with Crippen LogP contribution in [0.4, 0.5) is 5.00 Å². The second-order valence-corrected chi connectivity index (χ2v) is 6.16. The summed E-state index contributed by atoms with van der Waals surface area (Å²) in [6.07, 6.45) is 3.06. The monoisotopic (exact) mass is 346 g/mol. The third-order valence-corrected chi connectivity index (χ3v) is 3.97. The lowest BCUT2D eigenvalue weighted by Gasteiger charge is -2.04. The maximum atomic E-state index is 12.0. The largest absolute Gasteiger partial charge is 0.468 e. The fourth-order valence-corrected chi connectivity index (χ4v) is 2.84. The highest BCUT2D eigenvalue weighted by molar-refractivity contribution is 7.16. The lowest BCUT2D eigenvalue weighted by atomic mass is 10.2. The Labute approximate surface area is 143 Å². The number of rotatable bonds is 7. The number of hydrogen-bond donors (Lipinski definition) is 2. The first kappa shape index (κ1) is 17.7. The summed E-state index contributed by atoms with van der Waals surface area (Å²) in [4.78, 5) is 24.2. The first-order chi connectivity index (χ1) is 11.5. The van der Waals surface area contributed by atoms with Gasteiger partial charge >= 0.3 is 0 Å². The zero-order valence-electron chi connectivity index (χ0n) is 13.4. The van der Waals surface area contributed by atoms with E-state index in [1.807, 2.05) is 19.1 Å². The van der Waals surface area contributed by atoms with Crippen LogP contribution in [0.2, 0.25) is 0 Å². The molecule has 2 rings (SSSR count). The highest BCUT2D eigenvalue weighted by atomic mass is 32.1. The summed E-state index contributed by atoms with van der Waals surface area (Å²) in [5, 5.41) is 3.13. The van der Waals surface area contributed by atoms with Crippen LogP contribution in [-0.4, -0.2) is 25.7 Å². The maximum absolute atomic E-state index is 12.0. The van der Waals surface area contributed by atoms with Crippen molar-refractivity contribution < 1.29 is 19.1 Å². The fourth-order valence-electron chi connectivity index (χ4n) is 1.92. The SMILES string of the molecule is COCOc1ccc(/C=C/C(=O)Nc2sc(C)cc2C(N)=O)cc1. The van der Waals surface area contributed by atoms with Crippen LogP contribution in [0.3, 0.4) is 0 Å². The molecule has 0 aliphatic heterocycles. The second-order valence-electron chi connectivity index (χ2n) is 4.91. The molecule has 24 heavy (non-hydrogen) atoms. The van der Waals surface area contributed by atoms with Gasteiger partial charge in [0.05, 0.1) is 5.56 Å². The van der Waals surface area contributed by atoms with Crippen molar-refractivity contribution in [1.29, 1.82) is 0 Å². The van der Waals surface area contributed by atoms with Crippen molar-refractivity contribution in [2.24, 2.45) is 5.73 Å². The molecule has 2 aromatic rings. The Bertz CT molecular complexity index is 750. The number of thiophene rings is 1. The van der Waals surface area contributed by atoms with Gasteiger partial charge in [-0.15, -0.1) is 11.3 Å². The van der Waals surface area contributed by atoms with Crippen molar-refractivity contribution in [3.63, 3.8) is 0 Å². The molecule has 3 N–H and O–H groups in total. The molecule has 0 saturated carbocycles. The molecule has 0 spiro atoms. The fraction of sp³-hybridized carbons (Fsp3) is 0.176. The molecule has 7 heteroatoms. The van der Waals surface area contributed by atoms with Gasteiger partial charge in [-0.1, -0.05) is 12.1 Å². The van der Waals surface area contributed by atoms with Crippen LogP contribution in [0.5, 0.6) is 5.75 Å². The Morgan fingerprint density at radius 3 is 2.62 bits per heavy atom. The zero-order valence-corrected chi connectivity index (χ0v) is 14.2. The summed E-state index contributed by atoms with van der Waals surface area (Å²) < 4.78 is 10.1. The van der Waals surface area contributed by atoms with Crippen molar-refractivity contribution in [3.05, 3.63) is 52.4 Å². The van der Waals surface area contributed by atoms with Crippen molar-refractivity contribution >= 4 is 34.2 Å². The van der Waals surface area contributed by atoms with E-state index >= 15 is 0 Å². The molecular weight excluding hydrogens is 328 g/mol. The number of nitrogens with two attached hydrogens (primary N) is 1. The Morgan fingerprint density at radius 1 is 1.29 bits per heavy atom. The van der Waals surface area contributed by atoms with E-state index in [-0.39, 0.29) is 12.7 Å². The van der Waals surface area contributed by atoms with Crippen molar-refractivity contribution in [2.75, 3.05) is 19.2 Å². The molecule has 126 valence electrons. The van der Waals surface area contributed by atoms with E-state index in [4.69, 9.17) is 15.2 Å². The number of ether oxygens (including phenoxy) is 2. The summed E-state index contributed by atoms with van der Waals surface area (Å²) >= 11 is 1.31. The normalized spacial score (nSPS) is 10.8. The van der Waals surface area contributed by atoms with E-state index < -0.39 is 5.91 Å². The molecule has 0 atom stereocenters. The quantitative estimate of drug-likeness (QED) is 0.596. The number of benzene rings is 1. The smallest absolute Gasteiger partial charge is 0.251 e.